The topological polar surface area (TPSA) is 70.6 Å². The Labute approximate surface area is 93.8 Å². The Morgan fingerprint density at radius 1 is 1.67 bits per heavy atom. The first kappa shape index (κ1) is 11.5. The molecule has 4 N–H and O–H groups in total. The molecule has 5 heteroatoms. The van der Waals surface area contributed by atoms with Crippen LogP contribution in [0.3, 0.4) is 0 Å². The van der Waals surface area contributed by atoms with Gasteiger partial charge in [0.05, 0.1) is 6.21 Å². The summed E-state index contributed by atoms with van der Waals surface area (Å²) in [4.78, 5) is 0. The van der Waals surface area contributed by atoms with Gasteiger partial charge in [0.2, 0.25) is 0 Å². The zero-order valence-electron chi connectivity index (χ0n) is 8.40. The van der Waals surface area contributed by atoms with Crippen LogP contribution in [-0.2, 0) is 6.42 Å². The predicted molar refractivity (Wildman–Crippen MR) is 65.0 cm³/mol. The summed E-state index contributed by atoms with van der Waals surface area (Å²) in [7, 11) is 0. The van der Waals surface area contributed by atoms with Crippen molar-refractivity contribution in [2.24, 2.45) is 10.8 Å². The van der Waals surface area contributed by atoms with Crippen LogP contribution in [0.4, 0.5) is 0 Å². The molecule has 0 saturated heterocycles. The molecule has 0 saturated carbocycles. The first-order chi connectivity index (χ1) is 7.13. The molecule has 1 aromatic carbocycles. The SMILES string of the molecule is CCc1ccc(O)c(C=NNC(N)=S)c1. The number of phenols is 1. The van der Waals surface area contributed by atoms with Crippen LogP contribution in [0.2, 0.25) is 0 Å². The van der Waals surface area contributed by atoms with Crippen molar-refractivity contribution in [2.75, 3.05) is 0 Å². The van der Waals surface area contributed by atoms with E-state index in [4.69, 9.17) is 5.73 Å². The molecule has 0 radical (unpaired) electrons. The number of hydrazone groups is 1. The summed E-state index contributed by atoms with van der Waals surface area (Å²) in [6.45, 7) is 2.04. The lowest BCUT2D eigenvalue weighted by molar-refractivity contribution is 0.474. The molecule has 0 aliphatic heterocycles. The van der Waals surface area contributed by atoms with Crippen molar-refractivity contribution in [1.29, 1.82) is 0 Å². The Morgan fingerprint density at radius 3 is 3.00 bits per heavy atom. The highest BCUT2D eigenvalue weighted by atomic mass is 32.1. The number of aromatic hydroxyl groups is 1. The van der Waals surface area contributed by atoms with Crippen molar-refractivity contribution in [3.63, 3.8) is 0 Å². The molecule has 15 heavy (non-hydrogen) atoms. The van der Waals surface area contributed by atoms with E-state index in [1.165, 1.54) is 6.21 Å². The van der Waals surface area contributed by atoms with Crippen LogP contribution in [0.5, 0.6) is 5.75 Å². The molecule has 0 atom stereocenters. The molecule has 4 nitrogen and oxygen atoms in total. The maximum Gasteiger partial charge on any atom is 0.184 e. The number of phenolic OH excluding ortho intramolecular Hbond substituents is 1. The van der Waals surface area contributed by atoms with Crippen molar-refractivity contribution in [1.82, 2.24) is 5.43 Å². The van der Waals surface area contributed by atoms with Gasteiger partial charge in [0.1, 0.15) is 5.75 Å². The molecule has 0 amide bonds. The molecule has 80 valence electrons. The highest BCUT2D eigenvalue weighted by Gasteiger charge is 1.98. The normalized spacial score (nSPS) is 10.5. The smallest absolute Gasteiger partial charge is 0.184 e. The van der Waals surface area contributed by atoms with E-state index in [2.05, 4.69) is 22.7 Å². The van der Waals surface area contributed by atoms with E-state index in [0.29, 0.717) is 5.56 Å². The van der Waals surface area contributed by atoms with E-state index in [1.807, 2.05) is 19.1 Å². The molecular formula is C10H13N3OS. The van der Waals surface area contributed by atoms with Gasteiger partial charge in [-0.15, -0.1) is 0 Å². The van der Waals surface area contributed by atoms with Gasteiger partial charge in [-0.1, -0.05) is 13.0 Å². The predicted octanol–water partition coefficient (Wildman–Crippen LogP) is 1.12. The zero-order valence-corrected chi connectivity index (χ0v) is 9.21. The largest absolute Gasteiger partial charge is 0.507 e. The fourth-order valence-electron chi connectivity index (χ4n) is 1.09. The van der Waals surface area contributed by atoms with Crippen LogP contribution >= 0.6 is 12.2 Å². The fourth-order valence-corrected chi connectivity index (χ4v) is 1.15. The molecule has 0 aromatic heterocycles. The molecular weight excluding hydrogens is 210 g/mol. The summed E-state index contributed by atoms with van der Waals surface area (Å²) in [5.74, 6) is 0.181. The third-order valence-corrected chi connectivity index (χ3v) is 1.97. The van der Waals surface area contributed by atoms with Crippen molar-refractivity contribution in [2.45, 2.75) is 13.3 Å². The number of nitrogens with one attached hydrogen (secondary N) is 1. The van der Waals surface area contributed by atoms with Gasteiger partial charge < -0.3 is 10.8 Å². The molecule has 0 aliphatic carbocycles. The lowest BCUT2D eigenvalue weighted by Crippen LogP contribution is -2.24. The monoisotopic (exact) mass is 223 g/mol. The Balaban J connectivity index is 2.83. The number of benzene rings is 1. The molecule has 0 bridgehead atoms. The van der Waals surface area contributed by atoms with Crippen molar-refractivity contribution in [3.8, 4) is 5.75 Å². The van der Waals surface area contributed by atoms with E-state index in [-0.39, 0.29) is 10.9 Å². The van der Waals surface area contributed by atoms with Gasteiger partial charge in [-0.2, -0.15) is 5.10 Å². The number of nitrogens with zero attached hydrogens (tertiary/aromatic N) is 1. The number of aryl methyl sites for hydroxylation is 1. The van der Waals surface area contributed by atoms with E-state index < -0.39 is 0 Å². The standard InChI is InChI=1S/C10H13N3OS/c1-2-7-3-4-9(14)8(5-7)6-12-13-10(11)15/h3-6,14H,2H2,1H3,(H3,11,13,15). The van der Waals surface area contributed by atoms with E-state index >= 15 is 0 Å². The van der Waals surface area contributed by atoms with Gasteiger partial charge in [-0.3, -0.25) is 5.43 Å². The fraction of sp³-hybridized carbons (Fsp3) is 0.200. The van der Waals surface area contributed by atoms with Gasteiger partial charge in [-0.25, -0.2) is 0 Å². The quantitative estimate of drug-likeness (QED) is 0.408. The molecule has 0 spiro atoms. The zero-order chi connectivity index (χ0) is 11.3. The van der Waals surface area contributed by atoms with Crippen molar-refractivity contribution >= 4 is 23.5 Å². The van der Waals surface area contributed by atoms with E-state index in [1.54, 1.807) is 6.07 Å². The van der Waals surface area contributed by atoms with Gasteiger partial charge in [0.15, 0.2) is 5.11 Å². The number of rotatable bonds is 3. The summed E-state index contributed by atoms with van der Waals surface area (Å²) in [5, 5.41) is 13.4. The van der Waals surface area contributed by atoms with Crippen LogP contribution < -0.4 is 11.2 Å². The number of thiocarbonyl (C=S) groups is 1. The van der Waals surface area contributed by atoms with Gasteiger partial charge in [0, 0.05) is 5.56 Å². The molecule has 0 aliphatic rings. The van der Waals surface area contributed by atoms with E-state index in [9.17, 15) is 5.11 Å². The highest BCUT2D eigenvalue weighted by Crippen LogP contribution is 2.16. The van der Waals surface area contributed by atoms with Crippen LogP contribution in [-0.4, -0.2) is 16.4 Å². The van der Waals surface area contributed by atoms with Crippen molar-refractivity contribution in [3.05, 3.63) is 29.3 Å². The Bertz CT molecular complexity index is 390. The molecule has 0 fully saturated rings. The molecule has 0 unspecified atom stereocenters. The second-order valence-corrected chi connectivity index (χ2v) is 3.42. The minimum atomic E-state index is 0.0948. The Kier molecular flexibility index (Phi) is 4.05. The lowest BCUT2D eigenvalue weighted by atomic mass is 10.1. The summed E-state index contributed by atoms with van der Waals surface area (Å²) < 4.78 is 0. The number of nitrogens with two attached hydrogens (primary N) is 1. The number of hydrogen-bond acceptors (Lipinski definition) is 3. The maximum absolute atomic E-state index is 9.51. The number of hydrogen-bond donors (Lipinski definition) is 3. The first-order valence-corrected chi connectivity index (χ1v) is 4.94. The second-order valence-electron chi connectivity index (χ2n) is 2.98. The molecule has 1 aromatic rings. The van der Waals surface area contributed by atoms with Crippen LogP contribution in [0.25, 0.3) is 0 Å². The average Bonchev–Trinajstić information content (AvgIpc) is 2.20. The van der Waals surface area contributed by atoms with Crippen molar-refractivity contribution < 1.29 is 5.11 Å². The third kappa shape index (κ3) is 3.55. The van der Waals surface area contributed by atoms with Crippen LogP contribution in [0.1, 0.15) is 18.1 Å². The van der Waals surface area contributed by atoms with Crippen LogP contribution in [0.15, 0.2) is 23.3 Å². The summed E-state index contributed by atoms with van der Waals surface area (Å²) in [6, 6.07) is 5.37. The van der Waals surface area contributed by atoms with E-state index in [0.717, 1.165) is 12.0 Å². The molecule has 1 rings (SSSR count). The minimum Gasteiger partial charge on any atom is -0.507 e. The summed E-state index contributed by atoms with van der Waals surface area (Å²) in [5.41, 5.74) is 9.39. The summed E-state index contributed by atoms with van der Waals surface area (Å²) in [6.07, 6.45) is 2.39. The maximum atomic E-state index is 9.51. The highest BCUT2D eigenvalue weighted by molar-refractivity contribution is 7.80. The Morgan fingerprint density at radius 2 is 2.40 bits per heavy atom. The average molecular weight is 223 g/mol. The van der Waals surface area contributed by atoms with Gasteiger partial charge in [0.25, 0.3) is 0 Å². The second kappa shape index (κ2) is 5.31. The minimum absolute atomic E-state index is 0.0948. The first-order valence-electron chi connectivity index (χ1n) is 4.54. The molecule has 0 heterocycles. The lowest BCUT2D eigenvalue weighted by Gasteiger charge is -2.01. The summed E-state index contributed by atoms with van der Waals surface area (Å²) >= 11 is 4.58. The third-order valence-electron chi connectivity index (χ3n) is 1.88. The van der Waals surface area contributed by atoms with Crippen LogP contribution in [0, 0.1) is 0 Å². The van der Waals surface area contributed by atoms with Gasteiger partial charge >= 0.3 is 0 Å². The Hall–Kier alpha value is -1.62. The van der Waals surface area contributed by atoms with Gasteiger partial charge in [-0.05, 0) is 36.3 Å².